The van der Waals surface area contributed by atoms with E-state index in [9.17, 15) is 17.6 Å². The molecule has 3 aromatic rings. The monoisotopic (exact) mass is 349 g/mol. The minimum Gasteiger partial charge on any atom is -0.295 e. The summed E-state index contributed by atoms with van der Waals surface area (Å²) in [5.41, 5.74) is 1.31. The normalized spacial score (nSPS) is 11.9. The van der Waals surface area contributed by atoms with Gasteiger partial charge < -0.3 is 0 Å². The number of nitrogens with one attached hydrogen (secondary N) is 1. The van der Waals surface area contributed by atoms with Crippen LogP contribution in [0.1, 0.15) is 0 Å². The van der Waals surface area contributed by atoms with Gasteiger partial charge in [0.1, 0.15) is 5.82 Å². The molecule has 1 aromatic heterocycles. The second kappa shape index (κ2) is 6.21. The lowest BCUT2D eigenvalue weighted by Crippen LogP contribution is -2.31. The zero-order valence-electron chi connectivity index (χ0n) is 12.9. The molecule has 0 saturated heterocycles. The summed E-state index contributed by atoms with van der Waals surface area (Å²) in [6.45, 7) is 0.244. The molecule has 0 saturated carbocycles. The maximum Gasteiger partial charge on any atom is 0.328 e. The Morgan fingerprint density at radius 2 is 1.67 bits per heavy atom. The third-order valence-electron chi connectivity index (χ3n) is 3.80. The second-order valence-electron chi connectivity index (χ2n) is 5.33. The molecule has 1 heterocycles. The first kappa shape index (κ1) is 16.4. The Labute approximate surface area is 138 Å². The highest BCUT2D eigenvalue weighted by Gasteiger charge is 2.15. The number of nitrogens with zero attached hydrogens (tertiary/aromatic N) is 2. The molecule has 0 aliphatic heterocycles. The van der Waals surface area contributed by atoms with Crippen LogP contribution in [-0.4, -0.2) is 24.1 Å². The lowest BCUT2D eigenvalue weighted by atomic mass is 10.3. The summed E-state index contributed by atoms with van der Waals surface area (Å²) in [6.07, 6.45) is 0. The average molecular weight is 349 g/mol. The highest BCUT2D eigenvalue weighted by Crippen LogP contribution is 2.12. The van der Waals surface area contributed by atoms with E-state index in [-0.39, 0.29) is 23.7 Å². The van der Waals surface area contributed by atoms with Crippen LogP contribution in [0.15, 0.2) is 58.2 Å². The van der Waals surface area contributed by atoms with Gasteiger partial charge in [-0.15, -0.1) is 0 Å². The molecule has 0 aliphatic carbocycles. The van der Waals surface area contributed by atoms with Gasteiger partial charge in [-0.2, -0.15) is 0 Å². The van der Waals surface area contributed by atoms with E-state index in [0.29, 0.717) is 0 Å². The van der Waals surface area contributed by atoms with E-state index in [2.05, 4.69) is 4.72 Å². The predicted molar refractivity (Wildman–Crippen MR) is 88.8 cm³/mol. The molecule has 126 valence electrons. The molecule has 0 radical (unpaired) electrons. The number of para-hydroxylation sites is 2. The SMILES string of the molecule is Cn1c(=O)n(CCNS(=O)(=O)c2ccc(F)cc2)c2ccccc21. The number of aromatic nitrogens is 2. The van der Waals surface area contributed by atoms with Crippen LogP contribution in [0.4, 0.5) is 4.39 Å². The fourth-order valence-corrected chi connectivity index (χ4v) is 3.59. The molecule has 3 rings (SSSR count). The highest BCUT2D eigenvalue weighted by atomic mass is 32.2. The van der Waals surface area contributed by atoms with Crippen molar-refractivity contribution in [2.24, 2.45) is 7.05 Å². The lowest BCUT2D eigenvalue weighted by Gasteiger charge is -2.07. The van der Waals surface area contributed by atoms with Gasteiger partial charge in [0, 0.05) is 20.1 Å². The standard InChI is InChI=1S/C16H16FN3O3S/c1-19-14-4-2-3-5-15(14)20(16(19)21)11-10-18-24(22,23)13-8-6-12(17)7-9-13/h2-9,18H,10-11H2,1H3. The fourth-order valence-electron chi connectivity index (χ4n) is 2.57. The third-order valence-corrected chi connectivity index (χ3v) is 5.28. The van der Waals surface area contributed by atoms with Crippen LogP contribution in [0.5, 0.6) is 0 Å². The number of aryl methyl sites for hydroxylation is 1. The van der Waals surface area contributed by atoms with E-state index in [0.717, 1.165) is 23.2 Å². The number of imidazole rings is 1. The highest BCUT2D eigenvalue weighted by molar-refractivity contribution is 7.89. The molecule has 0 amide bonds. The first-order chi connectivity index (χ1) is 11.4. The van der Waals surface area contributed by atoms with Gasteiger partial charge in [-0.3, -0.25) is 9.13 Å². The van der Waals surface area contributed by atoms with Crippen molar-refractivity contribution in [2.75, 3.05) is 6.54 Å². The molecule has 0 spiro atoms. The van der Waals surface area contributed by atoms with Crippen molar-refractivity contribution in [3.8, 4) is 0 Å². The number of sulfonamides is 1. The van der Waals surface area contributed by atoms with Crippen molar-refractivity contribution in [3.63, 3.8) is 0 Å². The maximum atomic E-state index is 12.9. The minimum absolute atomic E-state index is 0.0193. The zero-order chi connectivity index (χ0) is 17.3. The largest absolute Gasteiger partial charge is 0.328 e. The Kier molecular flexibility index (Phi) is 4.25. The summed E-state index contributed by atoms with van der Waals surface area (Å²) >= 11 is 0. The summed E-state index contributed by atoms with van der Waals surface area (Å²) in [5.74, 6) is -0.503. The van der Waals surface area contributed by atoms with Crippen LogP contribution in [0.25, 0.3) is 11.0 Å². The zero-order valence-corrected chi connectivity index (χ0v) is 13.8. The van der Waals surface area contributed by atoms with Crippen LogP contribution in [0.3, 0.4) is 0 Å². The second-order valence-corrected chi connectivity index (χ2v) is 7.10. The molecule has 0 fully saturated rings. The predicted octanol–water partition coefficient (Wildman–Crippen LogP) is 1.46. The van der Waals surface area contributed by atoms with Gasteiger partial charge in [-0.05, 0) is 36.4 Å². The van der Waals surface area contributed by atoms with Gasteiger partial charge in [0.25, 0.3) is 0 Å². The summed E-state index contributed by atoms with van der Waals surface area (Å²) in [5, 5.41) is 0. The Bertz CT molecular complexity index is 1040. The fraction of sp³-hybridized carbons (Fsp3) is 0.188. The van der Waals surface area contributed by atoms with Crippen molar-refractivity contribution in [2.45, 2.75) is 11.4 Å². The quantitative estimate of drug-likeness (QED) is 0.758. The molecule has 0 atom stereocenters. The van der Waals surface area contributed by atoms with Crippen molar-refractivity contribution < 1.29 is 12.8 Å². The summed E-state index contributed by atoms with van der Waals surface area (Å²) < 4.78 is 42.7. The summed E-state index contributed by atoms with van der Waals surface area (Å²) in [6, 6.07) is 11.9. The lowest BCUT2D eigenvalue weighted by molar-refractivity contribution is 0.570. The maximum absolute atomic E-state index is 12.9. The number of rotatable bonds is 5. The van der Waals surface area contributed by atoms with Gasteiger partial charge in [0.15, 0.2) is 0 Å². The number of hydrogen-bond donors (Lipinski definition) is 1. The van der Waals surface area contributed by atoms with E-state index >= 15 is 0 Å². The topological polar surface area (TPSA) is 73.1 Å². The number of halogens is 1. The van der Waals surface area contributed by atoms with Crippen molar-refractivity contribution in [1.29, 1.82) is 0 Å². The van der Waals surface area contributed by atoms with Crippen molar-refractivity contribution in [3.05, 3.63) is 64.8 Å². The number of benzene rings is 2. The summed E-state index contributed by atoms with van der Waals surface area (Å²) in [7, 11) is -2.07. The first-order valence-corrected chi connectivity index (χ1v) is 8.78. The first-order valence-electron chi connectivity index (χ1n) is 7.29. The molecule has 0 unspecified atom stereocenters. The van der Waals surface area contributed by atoms with E-state index < -0.39 is 15.8 Å². The van der Waals surface area contributed by atoms with Crippen LogP contribution in [0, 0.1) is 5.82 Å². The van der Waals surface area contributed by atoms with Crippen molar-refractivity contribution >= 4 is 21.1 Å². The molecular weight excluding hydrogens is 333 g/mol. The Hall–Kier alpha value is -2.45. The van der Waals surface area contributed by atoms with E-state index in [1.807, 2.05) is 24.3 Å². The molecule has 8 heteroatoms. The van der Waals surface area contributed by atoms with Crippen LogP contribution in [0.2, 0.25) is 0 Å². The smallest absolute Gasteiger partial charge is 0.295 e. The molecule has 24 heavy (non-hydrogen) atoms. The van der Waals surface area contributed by atoms with Gasteiger partial charge in [-0.25, -0.2) is 22.3 Å². The van der Waals surface area contributed by atoms with Crippen LogP contribution in [-0.2, 0) is 23.6 Å². The number of fused-ring (bicyclic) bond motifs is 1. The molecule has 1 N–H and O–H groups in total. The minimum atomic E-state index is -3.75. The molecule has 0 aliphatic rings. The summed E-state index contributed by atoms with van der Waals surface area (Å²) in [4.78, 5) is 12.2. The van der Waals surface area contributed by atoms with Gasteiger partial charge >= 0.3 is 5.69 Å². The van der Waals surface area contributed by atoms with Crippen LogP contribution >= 0.6 is 0 Å². The van der Waals surface area contributed by atoms with Gasteiger partial charge in [-0.1, -0.05) is 12.1 Å². The van der Waals surface area contributed by atoms with Gasteiger partial charge in [0.05, 0.1) is 15.9 Å². The Morgan fingerprint density at radius 3 is 2.33 bits per heavy atom. The number of hydrogen-bond acceptors (Lipinski definition) is 3. The van der Waals surface area contributed by atoms with Crippen LogP contribution < -0.4 is 10.4 Å². The molecule has 0 bridgehead atoms. The van der Waals surface area contributed by atoms with Crippen molar-refractivity contribution in [1.82, 2.24) is 13.9 Å². The average Bonchev–Trinajstić information content (AvgIpc) is 2.80. The Morgan fingerprint density at radius 1 is 1.04 bits per heavy atom. The Balaban J connectivity index is 1.79. The molecule has 6 nitrogen and oxygen atoms in total. The molecule has 2 aromatic carbocycles. The van der Waals surface area contributed by atoms with E-state index in [4.69, 9.17) is 0 Å². The molecular formula is C16H16FN3O3S. The van der Waals surface area contributed by atoms with Gasteiger partial charge in [0.2, 0.25) is 10.0 Å². The van der Waals surface area contributed by atoms with E-state index in [1.54, 1.807) is 7.05 Å². The third kappa shape index (κ3) is 2.98. The van der Waals surface area contributed by atoms with E-state index in [1.165, 1.54) is 21.3 Å².